The van der Waals surface area contributed by atoms with Crippen LogP contribution in [0.15, 0.2) is 24.3 Å². The molecule has 0 atom stereocenters. The van der Waals surface area contributed by atoms with E-state index in [9.17, 15) is 4.79 Å². The lowest BCUT2D eigenvalue weighted by Gasteiger charge is -2.09. The summed E-state index contributed by atoms with van der Waals surface area (Å²) < 4.78 is 5.48. The number of primary amides is 1. The second-order valence-corrected chi connectivity index (χ2v) is 3.72. The number of hydrogen-bond acceptors (Lipinski definition) is 2. The number of carbonyl (C=O) groups is 1. The molecule has 0 saturated heterocycles. The van der Waals surface area contributed by atoms with Crippen LogP contribution in [-0.4, -0.2) is 12.6 Å². The highest BCUT2D eigenvalue weighted by Gasteiger charge is 1.98. The van der Waals surface area contributed by atoms with Crippen molar-refractivity contribution in [3.05, 3.63) is 24.3 Å². The van der Waals surface area contributed by atoms with Crippen LogP contribution in [0.2, 0.25) is 0 Å². The van der Waals surface area contributed by atoms with Gasteiger partial charge < -0.3 is 15.8 Å². The Labute approximate surface area is 89.4 Å². The molecule has 82 valence electrons. The monoisotopic (exact) mass is 208 g/mol. The summed E-state index contributed by atoms with van der Waals surface area (Å²) in [6.07, 6.45) is 0. The second kappa shape index (κ2) is 5.24. The normalized spacial score (nSPS) is 10.1. The highest BCUT2D eigenvalue weighted by Crippen LogP contribution is 2.16. The minimum Gasteiger partial charge on any atom is -0.493 e. The van der Waals surface area contributed by atoms with Gasteiger partial charge in [-0.3, -0.25) is 0 Å². The Balaban J connectivity index is 2.52. The lowest BCUT2D eigenvalue weighted by Crippen LogP contribution is -2.19. The first kappa shape index (κ1) is 11.4. The minimum atomic E-state index is -0.564. The van der Waals surface area contributed by atoms with E-state index < -0.39 is 6.03 Å². The van der Waals surface area contributed by atoms with Gasteiger partial charge in [0.15, 0.2) is 0 Å². The molecule has 0 heterocycles. The van der Waals surface area contributed by atoms with Gasteiger partial charge in [0.05, 0.1) is 6.61 Å². The molecule has 0 spiro atoms. The third-order valence-electron chi connectivity index (χ3n) is 1.71. The van der Waals surface area contributed by atoms with E-state index in [0.29, 0.717) is 18.2 Å². The fraction of sp³-hybridized carbons (Fsp3) is 0.364. The molecule has 0 aliphatic rings. The average Bonchev–Trinajstić information content (AvgIpc) is 2.16. The van der Waals surface area contributed by atoms with E-state index in [2.05, 4.69) is 19.2 Å². The molecule has 0 bridgehead atoms. The molecule has 1 aromatic carbocycles. The van der Waals surface area contributed by atoms with E-state index in [1.807, 2.05) is 0 Å². The van der Waals surface area contributed by atoms with Gasteiger partial charge in [-0.25, -0.2) is 4.79 Å². The first-order chi connectivity index (χ1) is 7.08. The molecule has 1 rings (SSSR count). The predicted molar refractivity (Wildman–Crippen MR) is 60.0 cm³/mol. The van der Waals surface area contributed by atoms with Crippen LogP contribution in [0.5, 0.6) is 5.75 Å². The summed E-state index contributed by atoms with van der Waals surface area (Å²) in [7, 11) is 0. The third-order valence-corrected chi connectivity index (χ3v) is 1.71. The van der Waals surface area contributed by atoms with Gasteiger partial charge in [0, 0.05) is 5.69 Å². The molecular formula is C11H16N2O2. The molecule has 4 nitrogen and oxygen atoms in total. The Hall–Kier alpha value is -1.71. The quantitative estimate of drug-likeness (QED) is 0.796. The lowest BCUT2D eigenvalue weighted by molar-refractivity contribution is 0.259. The number of hydrogen-bond donors (Lipinski definition) is 2. The van der Waals surface area contributed by atoms with Crippen molar-refractivity contribution >= 4 is 11.7 Å². The molecule has 3 N–H and O–H groups in total. The number of carbonyl (C=O) groups excluding carboxylic acids is 1. The third kappa shape index (κ3) is 4.35. The SMILES string of the molecule is CC(C)COc1ccc(NC(N)=O)cc1. The molecule has 0 unspecified atom stereocenters. The second-order valence-electron chi connectivity index (χ2n) is 3.72. The van der Waals surface area contributed by atoms with Gasteiger partial charge in [-0.15, -0.1) is 0 Å². The summed E-state index contributed by atoms with van der Waals surface area (Å²) in [5.74, 6) is 1.28. The van der Waals surface area contributed by atoms with Gasteiger partial charge >= 0.3 is 6.03 Å². The summed E-state index contributed by atoms with van der Waals surface area (Å²) in [4.78, 5) is 10.5. The van der Waals surface area contributed by atoms with Gasteiger partial charge in [0.1, 0.15) is 5.75 Å². The highest BCUT2D eigenvalue weighted by atomic mass is 16.5. The summed E-state index contributed by atoms with van der Waals surface area (Å²) in [6.45, 7) is 4.86. The summed E-state index contributed by atoms with van der Waals surface area (Å²) in [5, 5.41) is 2.48. The van der Waals surface area contributed by atoms with Crippen molar-refractivity contribution in [1.29, 1.82) is 0 Å². The molecule has 0 fully saturated rings. The Morgan fingerprint density at radius 3 is 2.47 bits per heavy atom. The van der Waals surface area contributed by atoms with Crippen LogP contribution >= 0.6 is 0 Å². The number of nitrogens with two attached hydrogens (primary N) is 1. The zero-order valence-corrected chi connectivity index (χ0v) is 8.99. The number of urea groups is 1. The number of rotatable bonds is 4. The molecule has 0 aliphatic carbocycles. The maximum absolute atomic E-state index is 10.5. The van der Waals surface area contributed by atoms with Gasteiger partial charge in [-0.2, -0.15) is 0 Å². The minimum absolute atomic E-state index is 0.494. The number of nitrogens with one attached hydrogen (secondary N) is 1. The van der Waals surface area contributed by atoms with Crippen LogP contribution in [0.3, 0.4) is 0 Å². The largest absolute Gasteiger partial charge is 0.493 e. The van der Waals surface area contributed by atoms with E-state index >= 15 is 0 Å². The van der Waals surface area contributed by atoms with Crippen LogP contribution < -0.4 is 15.8 Å². The molecule has 0 aliphatic heterocycles. The fourth-order valence-corrected chi connectivity index (χ4v) is 1.04. The smallest absolute Gasteiger partial charge is 0.316 e. The standard InChI is InChI=1S/C11H16N2O2/c1-8(2)7-15-10-5-3-9(4-6-10)13-11(12)14/h3-6,8H,7H2,1-2H3,(H3,12,13,14). The molecule has 15 heavy (non-hydrogen) atoms. The lowest BCUT2D eigenvalue weighted by atomic mass is 10.2. The van der Waals surface area contributed by atoms with E-state index in [1.165, 1.54) is 0 Å². The topological polar surface area (TPSA) is 64.3 Å². The Morgan fingerprint density at radius 1 is 1.40 bits per heavy atom. The highest BCUT2D eigenvalue weighted by molar-refractivity contribution is 5.87. The molecular weight excluding hydrogens is 192 g/mol. The fourth-order valence-electron chi connectivity index (χ4n) is 1.04. The van der Waals surface area contributed by atoms with Crippen LogP contribution in [0.25, 0.3) is 0 Å². The van der Waals surface area contributed by atoms with Gasteiger partial charge in [-0.1, -0.05) is 13.8 Å². The van der Waals surface area contributed by atoms with E-state index in [4.69, 9.17) is 10.5 Å². The van der Waals surface area contributed by atoms with Gasteiger partial charge in [0.2, 0.25) is 0 Å². The number of benzene rings is 1. The van der Waals surface area contributed by atoms with E-state index in [-0.39, 0.29) is 0 Å². The van der Waals surface area contributed by atoms with Crippen molar-refractivity contribution in [2.24, 2.45) is 11.7 Å². The molecule has 0 aromatic heterocycles. The Morgan fingerprint density at radius 2 is 2.00 bits per heavy atom. The summed E-state index contributed by atoms with van der Waals surface area (Å²) in [5.41, 5.74) is 5.65. The van der Waals surface area contributed by atoms with Crippen LogP contribution in [-0.2, 0) is 0 Å². The maximum atomic E-state index is 10.5. The summed E-state index contributed by atoms with van der Waals surface area (Å²) in [6, 6.07) is 6.54. The molecule has 1 aromatic rings. The van der Waals surface area contributed by atoms with Crippen LogP contribution in [0.4, 0.5) is 10.5 Å². The van der Waals surface area contributed by atoms with Gasteiger partial charge in [0.25, 0.3) is 0 Å². The molecule has 0 saturated carbocycles. The van der Waals surface area contributed by atoms with Crippen LogP contribution in [0.1, 0.15) is 13.8 Å². The number of amides is 2. The molecule has 0 radical (unpaired) electrons. The zero-order valence-electron chi connectivity index (χ0n) is 8.99. The van der Waals surface area contributed by atoms with Crippen molar-refractivity contribution in [1.82, 2.24) is 0 Å². The van der Waals surface area contributed by atoms with Crippen molar-refractivity contribution in [2.45, 2.75) is 13.8 Å². The van der Waals surface area contributed by atoms with Crippen molar-refractivity contribution in [3.63, 3.8) is 0 Å². The molecule has 4 heteroatoms. The van der Waals surface area contributed by atoms with Gasteiger partial charge in [-0.05, 0) is 30.2 Å². The van der Waals surface area contributed by atoms with Crippen molar-refractivity contribution < 1.29 is 9.53 Å². The Kier molecular flexibility index (Phi) is 3.97. The molecule has 2 amide bonds. The van der Waals surface area contributed by atoms with Crippen molar-refractivity contribution in [2.75, 3.05) is 11.9 Å². The van der Waals surface area contributed by atoms with E-state index in [0.717, 1.165) is 5.75 Å². The zero-order chi connectivity index (χ0) is 11.3. The number of anilines is 1. The van der Waals surface area contributed by atoms with E-state index in [1.54, 1.807) is 24.3 Å². The first-order valence-electron chi connectivity index (χ1n) is 4.87. The number of ether oxygens (including phenoxy) is 1. The Bertz CT molecular complexity index is 320. The predicted octanol–water partition coefficient (Wildman–Crippen LogP) is 2.21. The first-order valence-corrected chi connectivity index (χ1v) is 4.87. The van der Waals surface area contributed by atoms with Crippen molar-refractivity contribution in [3.8, 4) is 5.75 Å². The average molecular weight is 208 g/mol. The maximum Gasteiger partial charge on any atom is 0.316 e. The van der Waals surface area contributed by atoms with Crippen LogP contribution in [0, 0.1) is 5.92 Å². The summed E-state index contributed by atoms with van der Waals surface area (Å²) >= 11 is 0.